The van der Waals surface area contributed by atoms with Gasteiger partial charge in [-0.3, -0.25) is 4.98 Å². The van der Waals surface area contributed by atoms with E-state index in [2.05, 4.69) is 25.1 Å². The number of aromatic nitrogens is 5. The highest BCUT2D eigenvalue weighted by Gasteiger charge is 2.13. The second-order valence-electron chi connectivity index (χ2n) is 6.60. The molecule has 0 saturated heterocycles. The molecule has 0 atom stereocenters. The van der Waals surface area contributed by atoms with E-state index in [1.165, 1.54) is 0 Å². The van der Waals surface area contributed by atoms with Crippen LogP contribution < -0.4 is 4.74 Å². The van der Waals surface area contributed by atoms with Crippen molar-refractivity contribution in [2.24, 2.45) is 0 Å². The Labute approximate surface area is 168 Å². The molecule has 1 aromatic carbocycles. The van der Waals surface area contributed by atoms with Crippen molar-refractivity contribution in [2.45, 2.75) is 0 Å². The Morgan fingerprint density at radius 3 is 2.55 bits per heavy atom. The summed E-state index contributed by atoms with van der Waals surface area (Å²) in [5, 5.41) is 8.22. The molecule has 8 heteroatoms. The van der Waals surface area contributed by atoms with E-state index >= 15 is 0 Å². The molecule has 3 heterocycles. The van der Waals surface area contributed by atoms with Gasteiger partial charge in [0.05, 0.1) is 18.1 Å². The normalized spacial score (nSPS) is 11.0. The fourth-order valence-corrected chi connectivity index (χ4v) is 2.61. The molecular formula is C21H20N6O2. The van der Waals surface area contributed by atoms with Crippen molar-refractivity contribution in [3.05, 3.63) is 61.1 Å². The molecule has 0 aliphatic carbocycles. The first-order valence-corrected chi connectivity index (χ1v) is 9.14. The zero-order valence-electron chi connectivity index (χ0n) is 16.2. The lowest BCUT2D eigenvalue weighted by atomic mass is 10.2. The summed E-state index contributed by atoms with van der Waals surface area (Å²) in [5.41, 5.74) is 2.87. The number of pyridine rings is 1. The lowest BCUT2D eigenvalue weighted by molar-refractivity contribution is 0.254. The van der Waals surface area contributed by atoms with Crippen LogP contribution in [0.5, 0.6) is 5.88 Å². The van der Waals surface area contributed by atoms with E-state index in [4.69, 9.17) is 9.15 Å². The Morgan fingerprint density at radius 2 is 1.72 bits per heavy atom. The number of benzene rings is 1. The summed E-state index contributed by atoms with van der Waals surface area (Å²) in [4.78, 5) is 15.2. The topological polar surface area (TPSA) is 90.1 Å². The highest BCUT2D eigenvalue weighted by Crippen LogP contribution is 2.25. The number of likely N-dealkylation sites (N-methyl/N-ethyl adjacent to an activating group) is 1. The van der Waals surface area contributed by atoms with Crippen LogP contribution in [0.15, 0.2) is 65.5 Å². The summed E-state index contributed by atoms with van der Waals surface area (Å²) in [5.74, 6) is 1.30. The molecule has 0 radical (unpaired) electrons. The summed E-state index contributed by atoms with van der Waals surface area (Å²) in [7, 11) is 3.99. The van der Waals surface area contributed by atoms with Gasteiger partial charge in [-0.15, -0.1) is 10.2 Å². The molecule has 4 rings (SSSR count). The van der Waals surface area contributed by atoms with Crippen molar-refractivity contribution in [3.8, 4) is 40.2 Å². The lowest BCUT2D eigenvalue weighted by Crippen LogP contribution is -2.19. The molecule has 4 aromatic rings. The van der Waals surface area contributed by atoms with E-state index in [9.17, 15) is 0 Å². The van der Waals surface area contributed by atoms with Crippen LogP contribution in [-0.2, 0) is 0 Å². The molecule has 0 amide bonds. The SMILES string of the molecule is CN(C)CCOc1cc(-c2cncc(-c3nnc(-c4ccccc4)o3)n2)ccn1. The van der Waals surface area contributed by atoms with Crippen molar-refractivity contribution >= 4 is 0 Å². The Kier molecular flexibility index (Phi) is 5.53. The maximum atomic E-state index is 5.78. The van der Waals surface area contributed by atoms with Gasteiger partial charge in [0.15, 0.2) is 0 Å². The third-order valence-electron chi connectivity index (χ3n) is 4.12. The quantitative estimate of drug-likeness (QED) is 0.477. The molecule has 29 heavy (non-hydrogen) atoms. The van der Waals surface area contributed by atoms with Crippen molar-refractivity contribution in [1.82, 2.24) is 30.0 Å². The van der Waals surface area contributed by atoms with Gasteiger partial charge < -0.3 is 14.1 Å². The highest BCUT2D eigenvalue weighted by molar-refractivity contribution is 5.62. The predicted octanol–water partition coefficient (Wildman–Crippen LogP) is 3.20. The van der Waals surface area contributed by atoms with E-state index in [0.717, 1.165) is 17.7 Å². The maximum absolute atomic E-state index is 5.78. The zero-order valence-corrected chi connectivity index (χ0v) is 16.2. The summed E-state index contributed by atoms with van der Waals surface area (Å²) in [6.07, 6.45) is 4.97. The van der Waals surface area contributed by atoms with E-state index in [-0.39, 0.29) is 0 Å². The first-order chi connectivity index (χ1) is 14.2. The summed E-state index contributed by atoms with van der Waals surface area (Å²) in [6.45, 7) is 1.36. The molecule has 0 spiro atoms. The standard InChI is InChI=1S/C21H20N6O2/c1-27(2)10-11-28-19-12-16(8-9-23-19)17-13-22-14-18(24-17)21-26-25-20(29-21)15-6-4-3-5-7-15/h3-9,12-14H,10-11H2,1-2H3. The van der Waals surface area contributed by atoms with Crippen molar-refractivity contribution in [2.75, 3.05) is 27.2 Å². The van der Waals surface area contributed by atoms with E-state index in [1.807, 2.05) is 61.5 Å². The number of ether oxygens (including phenoxy) is 1. The summed E-state index contributed by atoms with van der Waals surface area (Å²) in [6, 6.07) is 13.3. The number of nitrogens with zero attached hydrogens (tertiary/aromatic N) is 6. The second kappa shape index (κ2) is 8.57. The van der Waals surface area contributed by atoms with Crippen molar-refractivity contribution in [1.29, 1.82) is 0 Å². The van der Waals surface area contributed by atoms with Crippen molar-refractivity contribution < 1.29 is 9.15 Å². The zero-order chi connectivity index (χ0) is 20.1. The summed E-state index contributed by atoms with van der Waals surface area (Å²) >= 11 is 0. The van der Waals surface area contributed by atoms with Crippen LogP contribution in [0.4, 0.5) is 0 Å². The van der Waals surface area contributed by atoms with Crippen LogP contribution in [0.3, 0.4) is 0 Å². The Morgan fingerprint density at radius 1 is 0.931 bits per heavy atom. The number of rotatable bonds is 7. The number of hydrogen-bond donors (Lipinski definition) is 0. The summed E-state index contributed by atoms with van der Waals surface area (Å²) < 4.78 is 11.5. The van der Waals surface area contributed by atoms with Gasteiger partial charge in [-0.25, -0.2) is 9.97 Å². The monoisotopic (exact) mass is 388 g/mol. The minimum Gasteiger partial charge on any atom is -0.476 e. The van der Waals surface area contributed by atoms with Gasteiger partial charge in [0.2, 0.25) is 11.8 Å². The van der Waals surface area contributed by atoms with Crippen LogP contribution >= 0.6 is 0 Å². The average molecular weight is 388 g/mol. The fraction of sp³-hybridized carbons (Fsp3) is 0.190. The lowest BCUT2D eigenvalue weighted by Gasteiger charge is -2.10. The smallest absolute Gasteiger partial charge is 0.268 e. The molecule has 0 unspecified atom stereocenters. The average Bonchev–Trinajstić information content (AvgIpc) is 3.25. The van der Waals surface area contributed by atoms with E-state index in [0.29, 0.717) is 35.7 Å². The molecule has 8 nitrogen and oxygen atoms in total. The van der Waals surface area contributed by atoms with Crippen LogP contribution in [0.25, 0.3) is 34.3 Å². The molecule has 146 valence electrons. The van der Waals surface area contributed by atoms with Gasteiger partial charge in [-0.05, 0) is 32.3 Å². The van der Waals surface area contributed by atoms with Crippen LogP contribution in [0.1, 0.15) is 0 Å². The Hall–Kier alpha value is -3.65. The van der Waals surface area contributed by atoms with Crippen LogP contribution in [0.2, 0.25) is 0 Å². The van der Waals surface area contributed by atoms with Gasteiger partial charge in [0.25, 0.3) is 5.89 Å². The molecule has 0 bridgehead atoms. The third-order valence-corrected chi connectivity index (χ3v) is 4.12. The predicted molar refractivity (Wildman–Crippen MR) is 108 cm³/mol. The minimum absolute atomic E-state index is 0.315. The van der Waals surface area contributed by atoms with Gasteiger partial charge in [-0.1, -0.05) is 18.2 Å². The van der Waals surface area contributed by atoms with Crippen molar-refractivity contribution in [3.63, 3.8) is 0 Å². The highest BCUT2D eigenvalue weighted by atomic mass is 16.5. The molecule has 0 aliphatic rings. The largest absolute Gasteiger partial charge is 0.476 e. The van der Waals surface area contributed by atoms with Gasteiger partial charge in [0.1, 0.15) is 12.3 Å². The van der Waals surface area contributed by atoms with Crippen LogP contribution in [0, 0.1) is 0 Å². The molecule has 3 aromatic heterocycles. The van der Waals surface area contributed by atoms with E-state index in [1.54, 1.807) is 18.6 Å². The maximum Gasteiger partial charge on any atom is 0.268 e. The first-order valence-electron chi connectivity index (χ1n) is 9.14. The third kappa shape index (κ3) is 4.61. The molecule has 0 N–H and O–H groups in total. The molecular weight excluding hydrogens is 368 g/mol. The first kappa shape index (κ1) is 18.7. The van der Waals surface area contributed by atoms with Gasteiger partial charge in [0, 0.05) is 29.9 Å². The molecule has 0 aliphatic heterocycles. The second-order valence-corrected chi connectivity index (χ2v) is 6.60. The van der Waals surface area contributed by atoms with Gasteiger partial charge in [-0.2, -0.15) is 0 Å². The Balaban J connectivity index is 1.56. The van der Waals surface area contributed by atoms with Crippen LogP contribution in [-0.4, -0.2) is 57.3 Å². The minimum atomic E-state index is 0.315. The molecule has 0 saturated carbocycles. The molecule has 0 fully saturated rings. The fourth-order valence-electron chi connectivity index (χ4n) is 2.61. The number of hydrogen-bond acceptors (Lipinski definition) is 8. The Bertz CT molecular complexity index is 1080. The van der Waals surface area contributed by atoms with Gasteiger partial charge >= 0.3 is 0 Å². The van der Waals surface area contributed by atoms with E-state index < -0.39 is 0 Å².